The van der Waals surface area contributed by atoms with Gasteiger partial charge in [0.15, 0.2) is 0 Å². The normalized spacial score (nSPS) is 12.3. The van der Waals surface area contributed by atoms with Crippen molar-refractivity contribution in [2.45, 2.75) is 19.5 Å². The maximum Gasteiger partial charge on any atom is 0.345 e. The lowest BCUT2D eigenvalue weighted by molar-refractivity contribution is 0.0702. The van der Waals surface area contributed by atoms with Crippen molar-refractivity contribution in [1.29, 1.82) is 0 Å². The van der Waals surface area contributed by atoms with Gasteiger partial charge in [0, 0.05) is 22.5 Å². The molecule has 0 radical (unpaired) electrons. The first-order valence-corrected chi connectivity index (χ1v) is 7.06. The first-order chi connectivity index (χ1) is 9.06. The number of carboxylic acid groups (broad SMARTS) is 1. The lowest BCUT2D eigenvalue weighted by Crippen LogP contribution is -2.17. The van der Waals surface area contributed by atoms with Crippen molar-refractivity contribution in [2.24, 2.45) is 0 Å². The molecule has 0 bridgehead atoms. The third-order valence-corrected chi connectivity index (χ3v) is 4.11. The van der Waals surface area contributed by atoms with Crippen molar-refractivity contribution in [1.82, 2.24) is 5.32 Å². The van der Waals surface area contributed by atoms with Crippen LogP contribution < -0.4 is 5.32 Å². The van der Waals surface area contributed by atoms with Crippen molar-refractivity contribution >= 4 is 28.9 Å². The SMILES string of the molecule is C[C@H](NCc1ccc(C(=O)O)s1)c1cccc(Cl)c1. The molecule has 0 fully saturated rings. The number of rotatable bonds is 5. The van der Waals surface area contributed by atoms with Crippen LogP contribution in [0.2, 0.25) is 5.02 Å². The number of halogens is 1. The topological polar surface area (TPSA) is 49.3 Å². The van der Waals surface area contributed by atoms with Gasteiger partial charge in [-0.25, -0.2) is 4.79 Å². The fourth-order valence-electron chi connectivity index (χ4n) is 1.74. The molecule has 1 atom stereocenters. The molecule has 1 heterocycles. The number of hydrogen-bond acceptors (Lipinski definition) is 3. The van der Waals surface area contributed by atoms with Gasteiger partial charge < -0.3 is 10.4 Å². The van der Waals surface area contributed by atoms with E-state index in [2.05, 4.69) is 12.2 Å². The van der Waals surface area contributed by atoms with Crippen molar-refractivity contribution in [3.8, 4) is 0 Å². The molecule has 1 aromatic carbocycles. The van der Waals surface area contributed by atoms with E-state index in [-0.39, 0.29) is 6.04 Å². The molecule has 0 aliphatic heterocycles. The minimum absolute atomic E-state index is 0.161. The molecule has 5 heteroatoms. The first-order valence-electron chi connectivity index (χ1n) is 5.87. The number of thiophene rings is 1. The van der Waals surface area contributed by atoms with Crippen molar-refractivity contribution < 1.29 is 9.90 Å². The summed E-state index contributed by atoms with van der Waals surface area (Å²) in [5.41, 5.74) is 1.11. The largest absolute Gasteiger partial charge is 0.477 e. The predicted octanol–water partition coefficient (Wildman–Crippen LogP) is 3.95. The maximum atomic E-state index is 10.8. The quantitative estimate of drug-likeness (QED) is 0.878. The van der Waals surface area contributed by atoms with Gasteiger partial charge >= 0.3 is 5.97 Å². The van der Waals surface area contributed by atoms with Gasteiger partial charge in [0.05, 0.1) is 0 Å². The zero-order chi connectivity index (χ0) is 13.8. The predicted molar refractivity (Wildman–Crippen MR) is 78.0 cm³/mol. The molecule has 0 spiro atoms. The molecule has 0 saturated heterocycles. The van der Waals surface area contributed by atoms with Gasteiger partial charge in [-0.1, -0.05) is 23.7 Å². The highest BCUT2D eigenvalue weighted by Crippen LogP contribution is 2.20. The van der Waals surface area contributed by atoms with Crippen LogP contribution in [0.3, 0.4) is 0 Å². The summed E-state index contributed by atoms with van der Waals surface area (Å²) in [6, 6.07) is 11.3. The smallest absolute Gasteiger partial charge is 0.345 e. The zero-order valence-corrected chi connectivity index (χ0v) is 12.0. The number of hydrogen-bond donors (Lipinski definition) is 2. The van der Waals surface area contributed by atoms with Crippen LogP contribution in [-0.4, -0.2) is 11.1 Å². The average molecular weight is 296 g/mol. The van der Waals surface area contributed by atoms with Gasteiger partial charge in [0.25, 0.3) is 0 Å². The van der Waals surface area contributed by atoms with Crippen LogP contribution in [0.25, 0.3) is 0 Å². The summed E-state index contributed by atoms with van der Waals surface area (Å²) in [5.74, 6) is -0.876. The Hall–Kier alpha value is -1.36. The number of aromatic carboxylic acids is 1. The summed E-state index contributed by atoms with van der Waals surface area (Å²) < 4.78 is 0. The highest BCUT2D eigenvalue weighted by Gasteiger charge is 2.09. The second kappa shape index (κ2) is 6.19. The summed E-state index contributed by atoms with van der Waals surface area (Å²) in [6.45, 7) is 2.70. The maximum absolute atomic E-state index is 10.8. The van der Waals surface area contributed by atoms with E-state index in [1.807, 2.05) is 30.3 Å². The van der Waals surface area contributed by atoms with Crippen molar-refractivity contribution in [2.75, 3.05) is 0 Å². The van der Waals surface area contributed by atoms with Crippen LogP contribution in [0.1, 0.15) is 33.1 Å². The monoisotopic (exact) mass is 295 g/mol. The van der Waals surface area contributed by atoms with E-state index in [4.69, 9.17) is 16.7 Å². The number of nitrogens with one attached hydrogen (secondary N) is 1. The molecular weight excluding hydrogens is 282 g/mol. The molecule has 1 aromatic heterocycles. The molecule has 3 nitrogen and oxygen atoms in total. The highest BCUT2D eigenvalue weighted by molar-refractivity contribution is 7.13. The number of carbonyl (C=O) groups is 1. The molecule has 100 valence electrons. The molecular formula is C14H14ClNO2S. The van der Waals surface area contributed by atoms with E-state index in [1.165, 1.54) is 11.3 Å². The van der Waals surface area contributed by atoms with Gasteiger partial charge in [0.1, 0.15) is 4.88 Å². The fraction of sp³-hybridized carbons (Fsp3) is 0.214. The van der Waals surface area contributed by atoms with Gasteiger partial charge in [-0.3, -0.25) is 0 Å². The van der Waals surface area contributed by atoms with Gasteiger partial charge in [-0.05, 0) is 36.8 Å². The summed E-state index contributed by atoms with van der Waals surface area (Å²) in [6.07, 6.45) is 0. The Balaban J connectivity index is 1.96. The molecule has 2 aromatic rings. The second-order valence-electron chi connectivity index (χ2n) is 4.23. The molecule has 0 unspecified atom stereocenters. The molecule has 0 aliphatic carbocycles. The Kier molecular flexibility index (Phi) is 4.58. The van der Waals surface area contributed by atoms with E-state index in [1.54, 1.807) is 6.07 Å². The average Bonchev–Trinajstić information content (AvgIpc) is 2.85. The standard InChI is InChI=1S/C14H14ClNO2S/c1-9(10-3-2-4-11(15)7-10)16-8-12-5-6-13(19-12)14(17)18/h2-7,9,16H,8H2,1H3,(H,17,18)/t9-/m0/s1. The molecule has 0 aliphatic rings. The van der Waals surface area contributed by atoms with Crippen LogP contribution in [0.4, 0.5) is 0 Å². The summed E-state index contributed by atoms with van der Waals surface area (Å²) >= 11 is 7.25. The lowest BCUT2D eigenvalue weighted by atomic mass is 10.1. The van der Waals surface area contributed by atoms with E-state index >= 15 is 0 Å². The highest BCUT2D eigenvalue weighted by atomic mass is 35.5. The second-order valence-corrected chi connectivity index (χ2v) is 5.83. The van der Waals surface area contributed by atoms with Gasteiger partial charge in [0.2, 0.25) is 0 Å². The third-order valence-electron chi connectivity index (χ3n) is 2.80. The van der Waals surface area contributed by atoms with Gasteiger partial charge in [-0.15, -0.1) is 11.3 Å². The molecule has 19 heavy (non-hydrogen) atoms. The van der Waals surface area contributed by atoms with Crippen LogP contribution in [0, 0.1) is 0 Å². The number of benzene rings is 1. The Morgan fingerprint density at radius 2 is 2.21 bits per heavy atom. The lowest BCUT2D eigenvalue weighted by Gasteiger charge is -2.13. The zero-order valence-electron chi connectivity index (χ0n) is 10.4. The minimum Gasteiger partial charge on any atom is -0.477 e. The Bertz CT molecular complexity index is 582. The number of carboxylic acids is 1. The Labute approximate surface area is 120 Å². The summed E-state index contributed by atoms with van der Waals surface area (Å²) in [4.78, 5) is 12.2. The Morgan fingerprint density at radius 1 is 1.42 bits per heavy atom. The van der Waals surface area contributed by atoms with E-state index in [0.29, 0.717) is 11.4 Å². The van der Waals surface area contributed by atoms with Crippen LogP contribution >= 0.6 is 22.9 Å². The third kappa shape index (κ3) is 3.80. The molecule has 0 amide bonds. The first kappa shape index (κ1) is 14.1. The van der Waals surface area contributed by atoms with Gasteiger partial charge in [-0.2, -0.15) is 0 Å². The van der Waals surface area contributed by atoms with E-state index in [0.717, 1.165) is 15.5 Å². The van der Waals surface area contributed by atoms with Crippen LogP contribution in [0.15, 0.2) is 36.4 Å². The van der Waals surface area contributed by atoms with Crippen LogP contribution in [-0.2, 0) is 6.54 Å². The van der Waals surface area contributed by atoms with Crippen molar-refractivity contribution in [3.05, 3.63) is 56.7 Å². The Morgan fingerprint density at radius 3 is 2.84 bits per heavy atom. The summed E-state index contributed by atoms with van der Waals surface area (Å²) in [7, 11) is 0. The molecule has 2 N–H and O–H groups in total. The van der Waals surface area contributed by atoms with Crippen LogP contribution in [0.5, 0.6) is 0 Å². The van der Waals surface area contributed by atoms with E-state index in [9.17, 15) is 4.79 Å². The minimum atomic E-state index is -0.876. The van der Waals surface area contributed by atoms with Crippen molar-refractivity contribution in [3.63, 3.8) is 0 Å². The summed E-state index contributed by atoms with van der Waals surface area (Å²) in [5, 5.41) is 12.9. The molecule has 2 rings (SSSR count). The fourth-order valence-corrected chi connectivity index (χ4v) is 2.73. The van der Waals surface area contributed by atoms with E-state index < -0.39 is 5.97 Å². The molecule has 0 saturated carbocycles.